The van der Waals surface area contributed by atoms with Crippen LogP contribution in [-0.2, 0) is 23.8 Å². The minimum absolute atomic E-state index is 0.0600. The highest BCUT2D eigenvalue weighted by molar-refractivity contribution is 6.05. The quantitative estimate of drug-likeness (QED) is 0.439. The average molecular weight is 503 g/mol. The van der Waals surface area contributed by atoms with Crippen molar-refractivity contribution in [1.29, 1.82) is 0 Å². The zero-order valence-corrected chi connectivity index (χ0v) is 21.1. The van der Waals surface area contributed by atoms with Crippen LogP contribution in [0.1, 0.15) is 33.6 Å². The van der Waals surface area contributed by atoms with E-state index in [9.17, 15) is 14.4 Å². The number of allylic oxidation sites excluding steroid dienone is 2. The molecular formula is C26H31FN2O7. The molecule has 194 valence electrons. The highest BCUT2D eigenvalue weighted by atomic mass is 19.1. The van der Waals surface area contributed by atoms with Gasteiger partial charge in [0.2, 0.25) is 0 Å². The van der Waals surface area contributed by atoms with E-state index >= 15 is 4.39 Å². The molecule has 36 heavy (non-hydrogen) atoms. The Hall–Kier alpha value is -3.82. The van der Waals surface area contributed by atoms with Crippen molar-refractivity contribution in [2.75, 3.05) is 32.2 Å². The van der Waals surface area contributed by atoms with Crippen LogP contribution in [0, 0.1) is 5.82 Å². The topological polar surface area (TPSA) is 94.6 Å². The van der Waals surface area contributed by atoms with Crippen LogP contribution in [0.3, 0.4) is 0 Å². The molecule has 0 unspecified atom stereocenters. The van der Waals surface area contributed by atoms with E-state index in [2.05, 4.69) is 0 Å². The highest BCUT2D eigenvalue weighted by Crippen LogP contribution is 2.37. The molecule has 3 rings (SSSR count). The number of hydrogen-bond donors (Lipinski definition) is 0. The Balaban J connectivity index is 1.89. The normalized spacial score (nSPS) is 16.5. The SMILES string of the molecule is COC(=O)C1=C(C(=O)OC)N(c2cccc(F)c2OC2CCN(C(=O)OC(C)(C)C)CC2)C=CC=C1. The highest BCUT2D eigenvalue weighted by Gasteiger charge is 2.32. The number of carbonyl (C=O) groups is 3. The molecule has 0 N–H and O–H groups in total. The van der Waals surface area contributed by atoms with Gasteiger partial charge in [0, 0.05) is 32.1 Å². The van der Waals surface area contributed by atoms with Gasteiger partial charge < -0.3 is 28.7 Å². The lowest BCUT2D eigenvalue weighted by Gasteiger charge is -2.34. The van der Waals surface area contributed by atoms with Gasteiger partial charge in [-0.2, -0.15) is 0 Å². The molecule has 1 aromatic rings. The van der Waals surface area contributed by atoms with Crippen LogP contribution in [0.25, 0.3) is 0 Å². The van der Waals surface area contributed by atoms with Gasteiger partial charge in [0.15, 0.2) is 11.6 Å². The van der Waals surface area contributed by atoms with Crippen molar-refractivity contribution >= 4 is 23.7 Å². The lowest BCUT2D eigenvalue weighted by molar-refractivity contribution is -0.139. The number of methoxy groups -OCH3 is 2. The Morgan fingerprint density at radius 1 is 1.00 bits per heavy atom. The number of nitrogens with zero attached hydrogens (tertiary/aromatic N) is 2. The standard InChI is InChI=1S/C26H31FN2O7/c1-26(2,3)36-25(32)28-15-12-17(13-16-28)35-22-19(27)10-8-11-20(22)29-14-7-6-9-18(23(30)33-4)21(29)24(31)34-5/h6-11,14,17H,12-13,15-16H2,1-5H3. The molecule has 0 saturated carbocycles. The monoisotopic (exact) mass is 502 g/mol. The van der Waals surface area contributed by atoms with Gasteiger partial charge in [-0.25, -0.2) is 18.8 Å². The molecule has 0 spiro atoms. The van der Waals surface area contributed by atoms with E-state index < -0.39 is 29.5 Å². The van der Waals surface area contributed by atoms with Gasteiger partial charge in [0.05, 0.1) is 25.5 Å². The summed E-state index contributed by atoms with van der Waals surface area (Å²) in [5.41, 5.74) is -0.609. The third-order valence-corrected chi connectivity index (χ3v) is 5.47. The third-order valence-electron chi connectivity index (χ3n) is 5.47. The van der Waals surface area contributed by atoms with E-state index in [4.69, 9.17) is 18.9 Å². The second kappa shape index (κ2) is 11.3. The number of hydrogen-bond acceptors (Lipinski definition) is 8. The summed E-state index contributed by atoms with van der Waals surface area (Å²) in [6, 6.07) is 4.29. The molecule has 1 saturated heterocycles. The molecule has 0 atom stereocenters. The largest absolute Gasteiger partial charge is 0.485 e. The van der Waals surface area contributed by atoms with Gasteiger partial charge in [-0.15, -0.1) is 0 Å². The lowest BCUT2D eigenvalue weighted by Crippen LogP contribution is -2.44. The summed E-state index contributed by atoms with van der Waals surface area (Å²) in [4.78, 5) is 40.5. The summed E-state index contributed by atoms with van der Waals surface area (Å²) in [5.74, 6) is -2.30. The van der Waals surface area contributed by atoms with Crippen molar-refractivity contribution in [1.82, 2.24) is 4.90 Å². The van der Waals surface area contributed by atoms with Crippen LogP contribution in [0.4, 0.5) is 14.9 Å². The van der Waals surface area contributed by atoms with E-state index in [1.54, 1.807) is 43.9 Å². The molecule has 0 aliphatic carbocycles. The molecule has 2 aliphatic rings. The fraction of sp³-hybridized carbons (Fsp3) is 0.423. The number of para-hydroxylation sites is 1. The smallest absolute Gasteiger partial charge is 0.410 e. The van der Waals surface area contributed by atoms with Gasteiger partial charge in [-0.3, -0.25) is 0 Å². The number of carbonyl (C=O) groups excluding carboxylic acids is 3. The van der Waals surface area contributed by atoms with Crippen molar-refractivity contribution < 1.29 is 37.7 Å². The maximum Gasteiger partial charge on any atom is 0.410 e. The average Bonchev–Trinajstić information content (AvgIpc) is 3.06. The number of halogens is 1. The first-order valence-corrected chi connectivity index (χ1v) is 11.5. The number of benzene rings is 1. The molecule has 1 aromatic carbocycles. The number of ether oxygens (including phenoxy) is 4. The Morgan fingerprint density at radius 2 is 1.67 bits per heavy atom. The minimum atomic E-state index is -0.813. The number of piperidine rings is 1. The molecule has 9 nitrogen and oxygen atoms in total. The van der Waals surface area contributed by atoms with E-state index in [1.165, 1.54) is 43.5 Å². The first-order valence-electron chi connectivity index (χ1n) is 11.5. The summed E-state index contributed by atoms with van der Waals surface area (Å²) in [7, 11) is 2.38. The van der Waals surface area contributed by atoms with Crippen molar-refractivity contribution in [2.45, 2.75) is 45.3 Å². The lowest BCUT2D eigenvalue weighted by atomic mass is 10.1. The summed E-state index contributed by atoms with van der Waals surface area (Å²) < 4.78 is 36.3. The maximum atomic E-state index is 15.1. The molecule has 2 aliphatic heterocycles. The van der Waals surface area contributed by atoms with Gasteiger partial charge >= 0.3 is 18.0 Å². The fourth-order valence-electron chi connectivity index (χ4n) is 3.80. The van der Waals surface area contributed by atoms with Crippen LogP contribution >= 0.6 is 0 Å². The zero-order chi connectivity index (χ0) is 26.5. The van der Waals surface area contributed by atoms with Crippen LogP contribution < -0.4 is 9.64 Å². The van der Waals surface area contributed by atoms with Crippen LogP contribution in [0.5, 0.6) is 5.75 Å². The van der Waals surface area contributed by atoms with Crippen molar-refractivity contribution in [3.05, 3.63) is 59.7 Å². The Bertz CT molecular complexity index is 1100. The minimum Gasteiger partial charge on any atom is -0.485 e. The number of anilines is 1. The maximum absolute atomic E-state index is 15.1. The van der Waals surface area contributed by atoms with Crippen molar-refractivity contribution in [3.8, 4) is 5.75 Å². The molecule has 2 heterocycles. The van der Waals surface area contributed by atoms with Crippen molar-refractivity contribution in [3.63, 3.8) is 0 Å². The van der Waals surface area contributed by atoms with E-state index in [-0.39, 0.29) is 28.8 Å². The molecular weight excluding hydrogens is 471 g/mol. The Morgan fingerprint density at radius 3 is 2.28 bits per heavy atom. The number of rotatable bonds is 5. The summed E-state index contributed by atoms with van der Waals surface area (Å²) in [6.45, 7) is 6.18. The second-order valence-electron chi connectivity index (χ2n) is 9.19. The molecule has 0 aromatic heterocycles. The van der Waals surface area contributed by atoms with Gasteiger partial charge in [-0.05, 0) is 45.1 Å². The summed E-state index contributed by atoms with van der Waals surface area (Å²) in [5, 5.41) is 0. The Kier molecular flexibility index (Phi) is 8.39. The Labute approximate surface area is 209 Å². The second-order valence-corrected chi connectivity index (χ2v) is 9.19. The summed E-state index contributed by atoms with van der Waals surface area (Å²) >= 11 is 0. The third kappa shape index (κ3) is 6.24. The van der Waals surface area contributed by atoms with Crippen LogP contribution in [-0.4, -0.2) is 61.9 Å². The number of esters is 2. The van der Waals surface area contributed by atoms with Gasteiger partial charge in [0.25, 0.3) is 0 Å². The van der Waals surface area contributed by atoms with Gasteiger partial charge in [0.1, 0.15) is 17.4 Å². The predicted molar refractivity (Wildman–Crippen MR) is 130 cm³/mol. The van der Waals surface area contributed by atoms with Crippen molar-refractivity contribution in [2.24, 2.45) is 0 Å². The zero-order valence-electron chi connectivity index (χ0n) is 21.1. The molecule has 0 radical (unpaired) electrons. The summed E-state index contributed by atoms with van der Waals surface area (Å²) in [6.07, 6.45) is 6.19. The molecule has 1 amide bonds. The van der Waals surface area contributed by atoms with E-state index in [0.29, 0.717) is 25.9 Å². The molecule has 1 fully saturated rings. The van der Waals surface area contributed by atoms with Crippen LogP contribution in [0.15, 0.2) is 53.9 Å². The first kappa shape index (κ1) is 26.8. The number of amides is 1. The molecule has 10 heteroatoms. The predicted octanol–water partition coefficient (Wildman–Crippen LogP) is 4.09. The van der Waals surface area contributed by atoms with E-state index in [0.717, 1.165) is 0 Å². The number of likely N-dealkylation sites (tertiary alicyclic amines) is 1. The fourth-order valence-corrected chi connectivity index (χ4v) is 3.80. The molecule has 0 bridgehead atoms. The first-order chi connectivity index (χ1) is 17.1. The van der Waals surface area contributed by atoms with Gasteiger partial charge in [-0.1, -0.05) is 12.1 Å². The van der Waals surface area contributed by atoms with E-state index in [1.807, 2.05) is 0 Å². The van der Waals surface area contributed by atoms with Crippen LogP contribution in [0.2, 0.25) is 0 Å².